The maximum absolute atomic E-state index is 13.2. The molecule has 11 heteroatoms. The standard InChI is InChI=1S/C22H18F3N3O5/c1-13(29)11-26-18(30)17-19(31)27(12-14-6-3-2-4-7-14)21(33)28(20(17)32)16-9-5-8-15(10-16)22(23,24)25/h2-10,32H,11-12H2,1H3,(H,26,30). The molecule has 0 radical (unpaired) electrons. The van der Waals surface area contributed by atoms with Crippen molar-refractivity contribution in [3.8, 4) is 11.6 Å². The van der Waals surface area contributed by atoms with Crippen molar-refractivity contribution in [2.24, 2.45) is 0 Å². The Balaban J connectivity index is 2.28. The third-order valence-electron chi connectivity index (χ3n) is 4.66. The minimum atomic E-state index is -4.74. The highest BCUT2D eigenvalue weighted by molar-refractivity contribution is 5.98. The summed E-state index contributed by atoms with van der Waals surface area (Å²) >= 11 is 0. The zero-order valence-electron chi connectivity index (χ0n) is 17.2. The Kier molecular flexibility index (Phi) is 6.52. The first-order chi connectivity index (χ1) is 15.5. The largest absolute Gasteiger partial charge is 0.493 e. The molecule has 0 unspecified atom stereocenters. The summed E-state index contributed by atoms with van der Waals surface area (Å²) in [6, 6.07) is 11.7. The van der Waals surface area contributed by atoms with Crippen molar-refractivity contribution in [3.05, 3.63) is 92.1 Å². The number of benzene rings is 2. The van der Waals surface area contributed by atoms with Crippen molar-refractivity contribution >= 4 is 11.7 Å². The highest BCUT2D eigenvalue weighted by Gasteiger charge is 2.31. The highest BCUT2D eigenvalue weighted by Crippen LogP contribution is 2.30. The number of amides is 1. The van der Waals surface area contributed by atoms with Gasteiger partial charge in [-0.15, -0.1) is 0 Å². The number of alkyl halides is 3. The van der Waals surface area contributed by atoms with Gasteiger partial charge in [0.1, 0.15) is 5.78 Å². The molecule has 0 saturated carbocycles. The van der Waals surface area contributed by atoms with E-state index in [-0.39, 0.29) is 6.54 Å². The van der Waals surface area contributed by atoms with E-state index in [4.69, 9.17) is 0 Å². The molecule has 3 rings (SSSR count). The van der Waals surface area contributed by atoms with E-state index in [2.05, 4.69) is 5.32 Å². The first kappa shape index (κ1) is 23.5. The molecule has 1 aromatic heterocycles. The molecule has 0 aliphatic heterocycles. The van der Waals surface area contributed by atoms with Crippen LogP contribution in [0.3, 0.4) is 0 Å². The van der Waals surface area contributed by atoms with E-state index in [1.807, 2.05) is 0 Å². The normalized spacial score (nSPS) is 11.3. The number of hydrogen-bond acceptors (Lipinski definition) is 5. The summed E-state index contributed by atoms with van der Waals surface area (Å²) in [7, 11) is 0. The van der Waals surface area contributed by atoms with Crippen molar-refractivity contribution in [1.82, 2.24) is 14.5 Å². The van der Waals surface area contributed by atoms with Gasteiger partial charge in [-0.25, -0.2) is 9.36 Å². The number of ketones is 1. The van der Waals surface area contributed by atoms with Crippen molar-refractivity contribution in [3.63, 3.8) is 0 Å². The predicted octanol–water partition coefficient (Wildman–Crippen LogP) is 2.09. The van der Waals surface area contributed by atoms with Gasteiger partial charge in [0.2, 0.25) is 5.88 Å². The van der Waals surface area contributed by atoms with Gasteiger partial charge in [-0.1, -0.05) is 36.4 Å². The number of nitrogens with one attached hydrogen (secondary N) is 1. The minimum absolute atomic E-state index is 0.315. The van der Waals surface area contributed by atoms with Crippen LogP contribution in [-0.4, -0.2) is 32.5 Å². The molecule has 0 atom stereocenters. The maximum atomic E-state index is 13.2. The monoisotopic (exact) mass is 461 g/mol. The Morgan fingerprint density at radius 3 is 2.30 bits per heavy atom. The van der Waals surface area contributed by atoms with Gasteiger partial charge in [0.05, 0.1) is 24.3 Å². The van der Waals surface area contributed by atoms with Gasteiger partial charge in [0.15, 0.2) is 5.56 Å². The van der Waals surface area contributed by atoms with Gasteiger partial charge >= 0.3 is 11.9 Å². The molecule has 1 heterocycles. The topological polar surface area (TPSA) is 110 Å². The Morgan fingerprint density at radius 2 is 1.70 bits per heavy atom. The summed E-state index contributed by atoms with van der Waals surface area (Å²) < 4.78 is 40.7. The van der Waals surface area contributed by atoms with E-state index in [0.29, 0.717) is 20.8 Å². The van der Waals surface area contributed by atoms with Crippen molar-refractivity contribution in [1.29, 1.82) is 0 Å². The first-order valence-corrected chi connectivity index (χ1v) is 9.58. The van der Waals surface area contributed by atoms with Crippen LogP contribution < -0.4 is 16.6 Å². The Hall–Kier alpha value is -4.15. The van der Waals surface area contributed by atoms with E-state index >= 15 is 0 Å². The van der Waals surface area contributed by atoms with Crippen LogP contribution in [0, 0.1) is 0 Å². The fourth-order valence-corrected chi connectivity index (χ4v) is 3.09. The molecular formula is C22H18F3N3O5. The van der Waals surface area contributed by atoms with E-state index in [1.54, 1.807) is 30.3 Å². The summed E-state index contributed by atoms with van der Waals surface area (Å²) in [5.41, 5.74) is -4.21. The number of aromatic nitrogens is 2. The Labute approximate surface area is 184 Å². The average molecular weight is 461 g/mol. The van der Waals surface area contributed by atoms with Crippen LogP contribution in [0.1, 0.15) is 28.4 Å². The fraction of sp³-hybridized carbons (Fsp3) is 0.182. The summed E-state index contributed by atoms with van der Waals surface area (Å²) in [5.74, 6) is -2.75. The van der Waals surface area contributed by atoms with Gasteiger partial charge in [-0.2, -0.15) is 13.2 Å². The average Bonchev–Trinajstić information content (AvgIpc) is 2.75. The Bertz CT molecular complexity index is 1330. The minimum Gasteiger partial charge on any atom is -0.493 e. The summed E-state index contributed by atoms with van der Waals surface area (Å²) in [5, 5.41) is 12.8. The van der Waals surface area contributed by atoms with Gasteiger partial charge in [0, 0.05) is 0 Å². The fourth-order valence-electron chi connectivity index (χ4n) is 3.09. The lowest BCUT2D eigenvalue weighted by Gasteiger charge is -2.17. The van der Waals surface area contributed by atoms with Crippen molar-refractivity contribution in [2.45, 2.75) is 19.6 Å². The van der Waals surface area contributed by atoms with Gasteiger partial charge in [-0.3, -0.25) is 19.0 Å². The molecule has 0 spiro atoms. The van der Waals surface area contributed by atoms with E-state index in [0.717, 1.165) is 18.2 Å². The summed E-state index contributed by atoms with van der Waals surface area (Å²) in [6.07, 6.45) is -4.74. The third kappa shape index (κ3) is 5.03. The molecule has 2 N–H and O–H groups in total. The molecule has 0 saturated heterocycles. The lowest BCUT2D eigenvalue weighted by molar-refractivity contribution is -0.137. The number of rotatable bonds is 6. The zero-order valence-corrected chi connectivity index (χ0v) is 17.2. The van der Waals surface area contributed by atoms with E-state index in [1.165, 1.54) is 6.92 Å². The second-order valence-corrected chi connectivity index (χ2v) is 7.13. The SMILES string of the molecule is CC(=O)CNC(=O)c1c(O)n(-c2cccc(C(F)(F)F)c2)c(=O)n(Cc2ccccc2)c1=O. The van der Waals surface area contributed by atoms with Crippen molar-refractivity contribution in [2.75, 3.05) is 6.54 Å². The molecule has 33 heavy (non-hydrogen) atoms. The first-order valence-electron chi connectivity index (χ1n) is 9.58. The van der Waals surface area contributed by atoms with Crippen LogP contribution in [0.4, 0.5) is 13.2 Å². The molecule has 1 amide bonds. The van der Waals surface area contributed by atoms with Crippen LogP contribution in [0.2, 0.25) is 0 Å². The number of hydrogen-bond donors (Lipinski definition) is 2. The van der Waals surface area contributed by atoms with Crippen molar-refractivity contribution < 1.29 is 27.9 Å². The smallest absolute Gasteiger partial charge is 0.416 e. The molecule has 3 aromatic rings. The van der Waals surface area contributed by atoms with Gasteiger partial charge in [-0.05, 0) is 30.7 Å². The summed E-state index contributed by atoms with van der Waals surface area (Å²) in [6.45, 7) is 0.404. The molecule has 172 valence electrons. The van der Waals surface area contributed by atoms with Crippen LogP contribution in [0.5, 0.6) is 5.88 Å². The molecular weight excluding hydrogens is 443 g/mol. The number of Topliss-reactive ketones (excluding diaryl/α,β-unsaturated/α-hetero) is 1. The predicted molar refractivity (Wildman–Crippen MR) is 112 cm³/mol. The van der Waals surface area contributed by atoms with Gasteiger partial charge in [0.25, 0.3) is 11.5 Å². The van der Waals surface area contributed by atoms with Crippen LogP contribution in [-0.2, 0) is 17.5 Å². The number of carbonyl (C=O) groups excluding carboxylic acids is 2. The van der Waals surface area contributed by atoms with Gasteiger partial charge < -0.3 is 10.4 Å². The summed E-state index contributed by atoms with van der Waals surface area (Å²) in [4.78, 5) is 49.9. The molecule has 0 aliphatic rings. The molecule has 2 aromatic carbocycles. The third-order valence-corrected chi connectivity index (χ3v) is 4.66. The molecule has 0 fully saturated rings. The van der Waals surface area contributed by atoms with Crippen LogP contribution >= 0.6 is 0 Å². The number of halogens is 3. The molecule has 8 nitrogen and oxygen atoms in total. The molecule has 0 bridgehead atoms. The Morgan fingerprint density at radius 1 is 1.03 bits per heavy atom. The van der Waals surface area contributed by atoms with E-state index in [9.17, 15) is 37.5 Å². The lowest BCUT2D eigenvalue weighted by Crippen LogP contribution is -2.44. The number of aromatic hydroxyl groups is 1. The zero-order chi connectivity index (χ0) is 24.3. The van der Waals surface area contributed by atoms with Crippen LogP contribution in [0.25, 0.3) is 5.69 Å². The highest BCUT2D eigenvalue weighted by atomic mass is 19.4. The second kappa shape index (κ2) is 9.15. The second-order valence-electron chi connectivity index (χ2n) is 7.13. The lowest BCUT2D eigenvalue weighted by atomic mass is 10.2. The number of carbonyl (C=O) groups is 2. The molecule has 0 aliphatic carbocycles. The van der Waals surface area contributed by atoms with E-state index < -0.39 is 58.4 Å². The van der Waals surface area contributed by atoms with Crippen LogP contribution in [0.15, 0.2) is 64.2 Å². The number of nitrogens with zero attached hydrogens (tertiary/aromatic N) is 2. The quantitative estimate of drug-likeness (QED) is 0.584. The maximum Gasteiger partial charge on any atom is 0.416 e.